The normalized spacial score (nSPS) is 17.6. The van der Waals surface area contributed by atoms with Gasteiger partial charge in [0.15, 0.2) is 0 Å². The first-order chi connectivity index (χ1) is 11.9. The maximum absolute atomic E-state index is 13.0. The number of nitrogens with one attached hydrogen (secondary N) is 3. The molecule has 1 aliphatic heterocycles. The Morgan fingerprint density at radius 2 is 2.04 bits per heavy atom. The summed E-state index contributed by atoms with van der Waals surface area (Å²) in [5.74, 6) is -0.984. The number of carbonyl (C=O) groups excluding carboxylic acids is 2. The molecule has 1 aromatic rings. The van der Waals surface area contributed by atoms with Crippen molar-refractivity contribution in [3.8, 4) is 0 Å². The van der Waals surface area contributed by atoms with Crippen LogP contribution in [0.4, 0.5) is 4.39 Å². The molecule has 1 aromatic carbocycles. The van der Waals surface area contributed by atoms with Crippen LogP contribution in [0.1, 0.15) is 18.9 Å². The lowest BCUT2D eigenvalue weighted by atomic mass is 10.0. The number of rotatable bonds is 7. The zero-order chi connectivity index (χ0) is 18.4. The number of hydrogen-bond donors (Lipinski definition) is 3. The van der Waals surface area contributed by atoms with Crippen molar-refractivity contribution in [1.82, 2.24) is 10.6 Å². The molecular formula is C17H24FN4O3+. The number of amides is 2. The SMILES string of the molecule is C[C@@H](NC(=O)[C@H]1CC(c2ccc(F)cc2)=NO1)C(=O)NCC[NH+](C)C. The van der Waals surface area contributed by atoms with Gasteiger partial charge in [-0.2, -0.15) is 0 Å². The topological polar surface area (TPSA) is 84.2 Å². The van der Waals surface area contributed by atoms with Crippen LogP contribution < -0.4 is 15.5 Å². The highest BCUT2D eigenvalue weighted by Crippen LogP contribution is 2.17. The monoisotopic (exact) mass is 351 g/mol. The Labute approximate surface area is 146 Å². The Morgan fingerprint density at radius 1 is 1.36 bits per heavy atom. The fourth-order valence-corrected chi connectivity index (χ4v) is 2.29. The molecule has 1 heterocycles. The van der Waals surface area contributed by atoms with Crippen molar-refractivity contribution in [1.29, 1.82) is 0 Å². The van der Waals surface area contributed by atoms with Crippen LogP contribution in [-0.2, 0) is 14.4 Å². The quantitative estimate of drug-likeness (QED) is 0.594. The molecule has 1 aliphatic rings. The van der Waals surface area contributed by atoms with Gasteiger partial charge in [0, 0.05) is 6.42 Å². The molecule has 0 unspecified atom stereocenters. The van der Waals surface area contributed by atoms with Crippen LogP contribution in [0.5, 0.6) is 0 Å². The Hall–Kier alpha value is -2.48. The summed E-state index contributed by atoms with van der Waals surface area (Å²) in [6, 6.07) is 5.16. The Balaban J connectivity index is 1.80. The highest BCUT2D eigenvalue weighted by Gasteiger charge is 2.30. The van der Waals surface area contributed by atoms with Crippen molar-refractivity contribution in [2.24, 2.45) is 5.16 Å². The average molecular weight is 351 g/mol. The second kappa shape index (κ2) is 8.57. The fourth-order valence-electron chi connectivity index (χ4n) is 2.29. The van der Waals surface area contributed by atoms with Gasteiger partial charge in [-0.3, -0.25) is 9.59 Å². The van der Waals surface area contributed by atoms with E-state index in [1.165, 1.54) is 17.0 Å². The van der Waals surface area contributed by atoms with Crippen LogP contribution in [0.3, 0.4) is 0 Å². The Morgan fingerprint density at radius 3 is 2.68 bits per heavy atom. The van der Waals surface area contributed by atoms with Crippen molar-refractivity contribution in [3.63, 3.8) is 0 Å². The van der Waals surface area contributed by atoms with Gasteiger partial charge in [0.2, 0.25) is 12.0 Å². The molecule has 8 heteroatoms. The summed E-state index contributed by atoms with van der Waals surface area (Å²) in [6.45, 7) is 2.96. The number of oxime groups is 1. The van der Waals surface area contributed by atoms with E-state index in [0.29, 0.717) is 17.8 Å². The Bertz CT molecular complexity index is 646. The van der Waals surface area contributed by atoms with Crippen LogP contribution in [0.25, 0.3) is 0 Å². The summed E-state index contributed by atoms with van der Waals surface area (Å²) in [5.41, 5.74) is 1.28. The highest BCUT2D eigenvalue weighted by molar-refractivity contribution is 6.04. The number of halogens is 1. The van der Waals surface area contributed by atoms with Gasteiger partial charge in [-0.05, 0) is 24.6 Å². The number of quaternary nitrogens is 1. The van der Waals surface area contributed by atoms with Crippen LogP contribution in [0.15, 0.2) is 29.4 Å². The van der Waals surface area contributed by atoms with Crippen molar-refractivity contribution >= 4 is 17.5 Å². The van der Waals surface area contributed by atoms with Crippen molar-refractivity contribution < 1.29 is 23.7 Å². The average Bonchev–Trinajstić information content (AvgIpc) is 3.05. The summed E-state index contributed by atoms with van der Waals surface area (Å²) in [4.78, 5) is 30.5. The molecule has 2 amide bonds. The predicted molar refractivity (Wildman–Crippen MR) is 90.7 cm³/mol. The molecular weight excluding hydrogens is 327 g/mol. The van der Waals surface area contributed by atoms with E-state index in [1.54, 1.807) is 19.1 Å². The molecule has 25 heavy (non-hydrogen) atoms. The third-order valence-electron chi connectivity index (χ3n) is 3.82. The molecule has 0 aliphatic carbocycles. The summed E-state index contributed by atoms with van der Waals surface area (Å²) >= 11 is 0. The van der Waals surface area contributed by atoms with Gasteiger partial charge < -0.3 is 20.4 Å². The lowest BCUT2D eigenvalue weighted by Crippen LogP contribution is -3.06. The van der Waals surface area contributed by atoms with E-state index in [2.05, 4.69) is 15.8 Å². The zero-order valence-electron chi connectivity index (χ0n) is 14.6. The third-order valence-corrected chi connectivity index (χ3v) is 3.82. The maximum Gasteiger partial charge on any atom is 0.264 e. The number of hydrogen-bond acceptors (Lipinski definition) is 4. The first-order valence-electron chi connectivity index (χ1n) is 8.22. The molecule has 0 saturated heterocycles. The standard InChI is InChI=1S/C17H23FN4O3/c1-11(16(23)19-8-9-22(2)3)20-17(24)15-10-14(21-25-15)12-4-6-13(18)7-5-12/h4-7,11,15H,8-10H2,1-3H3,(H,19,23)(H,20,24)/p+1/t11-,15-/m1/s1. The number of likely N-dealkylation sites (N-methyl/N-ethyl adjacent to an activating group) is 1. The summed E-state index contributed by atoms with van der Waals surface area (Å²) in [6.07, 6.45) is -0.517. The fraction of sp³-hybridized carbons (Fsp3) is 0.471. The van der Waals surface area contributed by atoms with E-state index in [1.807, 2.05) is 14.1 Å². The Kier molecular flexibility index (Phi) is 6.46. The van der Waals surface area contributed by atoms with Gasteiger partial charge in [-0.25, -0.2) is 4.39 Å². The second-order valence-corrected chi connectivity index (χ2v) is 6.32. The molecule has 7 nitrogen and oxygen atoms in total. The van der Waals surface area contributed by atoms with Crippen molar-refractivity contribution in [3.05, 3.63) is 35.6 Å². The number of carbonyl (C=O) groups is 2. The van der Waals surface area contributed by atoms with Gasteiger partial charge in [0.1, 0.15) is 11.9 Å². The third kappa shape index (κ3) is 5.53. The lowest BCUT2D eigenvalue weighted by Gasteiger charge is -2.16. The number of nitrogens with zero attached hydrogens (tertiary/aromatic N) is 1. The van der Waals surface area contributed by atoms with E-state index in [-0.39, 0.29) is 18.1 Å². The first kappa shape index (κ1) is 18.9. The molecule has 0 bridgehead atoms. The second-order valence-electron chi connectivity index (χ2n) is 6.32. The molecule has 0 saturated carbocycles. The number of benzene rings is 1. The van der Waals surface area contributed by atoms with Crippen LogP contribution in [0, 0.1) is 5.82 Å². The molecule has 0 radical (unpaired) electrons. The van der Waals surface area contributed by atoms with E-state index in [0.717, 1.165) is 6.54 Å². The maximum atomic E-state index is 13.0. The minimum absolute atomic E-state index is 0.243. The molecule has 3 N–H and O–H groups in total. The van der Waals surface area contributed by atoms with Gasteiger partial charge in [-0.1, -0.05) is 17.3 Å². The molecule has 136 valence electrons. The van der Waals surface area contributed by atoms with E-state index in [9.17, 15) is 14.0 Å². The summed E-state index contributed by atoms with van der Waals surface area (Å²) < 4.78 is 13.0. The van der Waals surface area contributed by atoms with E-state index < -0.39 is 18.1 Å². The summed E-state index contributed by atoms with van der Waals surface area (Å²) in [7, 11) is 3.99. The molecule has 0 fully saturated rings. The largest absolute Gasteiger partial charge is 0.382 e. The molecule has 0 aromatic heterocycles. The molecule has 2 rings (SSSR count). The molecule has 2 atom stereocenters. The van der Waals surface area contributed by atoms with Crippen molar-refractivity contribution in [2.75, 3.05) is 27.2 Å². The molecule has 0 spiro atoms. The zero-order valence-corrected chi connectivity index (χ0v) is 14.6. The van der Waals surface area contributed by atoms with Crippen LogP contribution >= 0.6 is 0 Å². The van der Waals surface area contributed by atoms with Crippen LogP contribution in [-0.4, -0.2) is 56.9 Å². The summed E-state index contributed by atoms with van der Waals surface area (Å²) in [5, 5.41) is 9.28. The van der Waals surface area contributed by atoms with Crippen molar-refractivity contribution in [2.45, 2.75) is 25.5 Å². The van der Waals surface area contributed by atoms with E-state index in [4.69, 9.17) is 4.84 Å². The van der Waals surface area contributed by atoms with Gasteiger partial charge in [0.05, 0.1) is 32.9 Å². The van der Waals surface area contributed by atoms with Gasteiger partial charge in [0.25, 0.3) is 5.91 Å². The van der Waals surface area contributed by atoms with Gasteiger partial charge in [-0.15, -0.1) is 0 Å². The predicted octanol–water partition coefficient (Wildman–Crippen LogP) is -0.916. The van der Waals surface area contributed by atoms with Crippen LogP contribution in [0.2, 0.25) is 0 Å². The van der Waals surface area contributed by atoms with E-state index >= 15 is 0 Å². The minimum atomic E-state index is -0.790. The highest BCUT2D eigenvalue weighted by atomic mass is 19.1. The minimum Gasteiger partial charge on any atom is -0.382 e. The first-order valence-corrected chi connectivity index (χ1v) is 8.22. The smallest absolute Gasteiger partial charge is 0.264 e. The van der Waals surface area contributed by atoms with Gasteiger partial charge >= 0.3 is 0 Å². The lowest BCUT2D eigenvalue weighted by molar-refractivity contribution is -0.856.